The molecule has 36 heavy (non-hydrogen) atoms. The van der Waals surface area contributed by atoms with Crippen LogP contribution in [0.25, 0.3) is 11.1 Å². The highest BCUT2D eigenvalue weighted by Gasteiger charge is 2.45. The summed E-state index contributed by atoms with van der Waals surface area (Å²) in [5, 5.41) is 5.45. The van der Waals surface area contributed by atoms with Crippen LogP contribution in [-0.2, 0) is 21.2 Å². The summed E-state index contributed by atoms with van der Waals surface area (Å²) in [4.78, 5) is 12.1. The first-order valence-corrected chi connectivity index (χ1v) is 13.0. The molecule has 0 unspecified atom stereocenters. The van der Waals surface area contributed by atoms with Crippen LogP contribution in [0.4, 0.5) is 13.2 Å². The van der Waals surface area contributed by atoms with Gasteiger partial charge in [0, 0.05) is 25.7 Å². The van der Waals surface area contributed by atoms with Gasteiger partial charge in [-0.05, 0) is 80.1 Å². The molecule has 0 spiro atoms. The third-order valence-electron chi connectivity index (χ3n) is 6.76. The van der Waals surface area contributed by atoms with E-state index in [9.17, 15) is 26.4 Å². The van der Waals surface area contributed by atoms with Crippen LogP contribution in [0.15, 0.2) is 47.4 Å². The number of nitrogens with one attached hydrogen (secondary N) is 2. The Morgan fingerprint density at radius 1 is 1.08 bits per heavy atom. The molecule has 2 aromatic carbocycles. The summed E-state index contributed by atoms with van der Waals surface area (Å²) in [6.45, 7) is 0. The van der Waals surface area contributed by atoms with E-state index >= 15 is 0 Å². The van der Waals surface area contributed by atoms with Crippen LogP contribution in [0, 0.1) is 0 Å². The number of ether oxygens (including phenoxy) is 1. The first-order valence-electron chi connectivity index (χ1n) is 11.6. The number of halogens is 3. The Balaban J connectivity index is 1.96. The van der Waals surface area contributed by atoms with Gasteiger partial charge in [-0.15, -0.1) is 0 Å². The molecule has 1 saturated carbocycles. The Morgan fingerprint density at radius 2 is 1.67 bits per heavy atom. The number of benzene rings is 2. The highest BCUT2D eigenvalue weighted by Crippen LogP contribution is 2.37. The molecule has 198 valence electrons. The van der Waals surface area contributed by atoms with Crippen molar-refractivity contribution in [1.82, 2.24) is 14.9 Å². The lowest BCUT2D eigenvalue weighted by atomic mass is 9.75. The summed E-state index contributed by atoms with van der Waals surface area (Å²) in [6.07, 6.45) is -2.81. The molecular weight excluding hydrogens is 495 g/mol. The Kier molecular flexibility index (Phi) is 8.37. The molecule has 1 aliphatic rings. The van der Waals surface area contributed by atoms with Crippen molar-refractivity contribution in [3.8, 4) is 16.9 Å². The fraction of sp³-hybridized carbons (Fsp3) is 0.480. The highest BCUT2D eigenvalue weighted by atomic mass is 32.2. The third kappa shape index (κ3) is 6.19. The molecule has 0 aromatic heterocycles. The molecule has 0 aliphatic heterocycles. The van der Waals surface area contributed by atoms with Gasteiger partial charge in [0.25, 0.3) is 0 Å². The molecule has 11 heteroatoms. The molecule has 3 rings (SSSR count). The zero-order valence-corrected chi connectivity index (χ0v) is 21.6. The van der Waals surface area contributed by atoms with Crippen molar-refractivity contribution < 1.29 is 31.1 Å². The topological polar surface area (TPSA) is 87.7 Å². The van der Waals surface area contributed by atoms with E-state index in [4.69, 9.17) is 4.74 Å². The zero-order chi connectivity index (χ0) is 26.7. The normalized spacial score (nSPS) is 20.8. The second kappa shape index (κ2) is 10.8. The molecule has 0 radical (unpaired) electrons. The standard InChI is InChI=1S/C25H32F3N3O4S/c1-29-20-11-13-24(14-12-20,30-23(32)25(26,27)28)16-19-15-18(7-10-22(19)35-4)17-5-8-21(9-6-17)36(33,34)31(2)3/h5-10,15,20,29H,11-14,16H2,1-4H3,(H,30,32). The van der Waals surface area contributed by atoms with Crippen molar-refractivity contribution in [2.45, 2.75) is 54.8 Å². The maximum atomic E-state index is 13.2. The van der Waals surface area contributed by atoms with Crippen LogP contribution < -0.4 is 15.4 Å². The number of carbonyl (C=O) groups is 1. The van der Waals surface area contributed by atoms with E-state index in [1.807, 2.05) is 13.1 Å². The monoisotopic (exact) mass is 527 g/mol. The lowest BCUT2D eigenvalue weighted by Gasteiger charge is -2.41. The van der Waals surface area contributed by atoms with Gasteiger partial charge in [0.15, 0.2) is 0 Å². The molecule has 0 heterocycles. The Hall–Kier alpha value is -2.63. The SMILES string of the molecule is CNC1CCC(Cc2cc(-c3ccc(S(=O)(=O)N(C)C)cc3)ccc2OC)(NC(=O)C(F)(F)F)CC1. The number of rotatable bonds is 8. The first kappa shape index (κ1) is 27.9. The molecule has 0 saturated heterocycles. The number of methoxy groups -OCH3 is 1. The highest BCUT2D eigenvalue weighted by molar-refractivity contribution is 7.89. The minimum Gasteiger partial charge on any atom is -0.496 e. The van der Waals surface area contributed by atoms with Gasteiger partial charge < -0.3 is 15.4 Å². The minimum atomic E-state index is -4.98. The fourth-order valence-corrected chi connectivity index (χ4v) is 5.51. The van der Waals surface area contributed by atoms with Crippen molar-refractivity contribution >= 4 is 15.9 Å². The van der Waals surface area contributed by atoms with Gasteiger partial charge in [-0.2, -0.15) is 13.2 Å². The van der Waals surface area contributed by atoms with E-state index in [0.717, 1.165) is 15.4 Å². The van der Waals surface area contributed by atoms with Crippen molar-refractivity contribution in [3.05, 3.63) is 48.0 Å². The quantitative estimate of drug-likeness (QED) is 0.546. The van der Waals surface area contributed by atoms with E-state index in [-0.39, 0.29) is 17.4 Å². The second-order valence-corrected chi connectivity index (χ2v) is 11.5. The van der Waals surface area contributed by atoms with Crippen LogP contribution in [-0.4, -0.2) is 64.6 Å². The van der Waals surface area contributed by atoms with E-state index < -0.39 is 27.6 Å². The predicted octanol–water partition coefficient (Wildman–Crippen LogP) is 3.73. The zero-order valence-electron chi connectivity index (χ0n) is 20.8. The molecule has 2 N–H and O–H groups in total. The molecule has 7 nitrogen and oxygen atoms in total. The largest absolute Gasteiger partial charge is 0.496 e. The molecule has 0 bridgehead atoms. The smallest absolute Gasteiger partial charge is 0.471 e. The first-order chi connectivity index (χ1) is 16.8. The van der Waals surface area contributed by atoms with Gasteiger partial charge in [-0.1, -0.05) is 18.2 Å². The fourth-order valence-electron chi connectivity index (χ4n) is 4.61. The van der Waals surface area contributed by atoms with Gasteiger partial charge in [0.2, 0.25) is 10.0 Å². The van der Waals surface area contributed by atoms with E-state index in [1.165, 1.54) is 33.3 Å². The lowest BCUT2D eigenvalue weighted by molar-refractivity contribution is -0.176. The third-order valence-corrected chi connectivity index (χ3v) is 8.59. The van der Waals surface area contributed by atoms with E-state index in [1.54, 1.807) is 24.3 Å². The van der Waals surface area contributed by atoms with E-state index in [2.05, 4.69) is 10.6 Å². The van der Waals surface area contributed by atoms with E-state index in [0.29, 0.717) is 37.0 Å². The lowest BCUT2D eigenvalue weighted by Crippen LogP contribution is -2.57. The van der Waals surface area contributed by atoms with Crippen molar-refractivity contribution in [1.29, 1.82) is 0 Å². The molecule has 1 fully saturated rings. The summed E-state index contributed by atoms with van der Waals surface area (Å²) in [7, 11) is 2.63. The summed E-state index contributed by atoms with van der Waals surface area (Å²) in [5.41, 5.74) is 1.07. The van der Waals surface area contributed by atoms with Crippen LogP contribution >= 0.6 is 0 Å². The predicted molar refractivity (Wildman–Crippen MR) is 131 cm³/mol. The summed E-state index contributed by atoms with van der Waals surface area (Å²) >= 11 is 0. The number of alkyl halides is 3. The number of amides is 1. The Morgan fingerprint density at radius 3 is 2.17 bits per heavy atom. The van der Waals surface area contributed by atoms with Crippen molar-refractivity contribution in [2.75, 3.05) is 28.3 Å². The second-order valence-electron chi connectivity index (χ2n) is 9.31. The van der Waals surface area contributed by atoms with Gasteiger partial charge in [-0.25, -0.2) is 12.7 Å². The number of sulfonamides is 1. The van der Waals surface area contributed by atoms with Crippen LogP contribution in [0.5, 0.6) is 5.75 Å². The van der Waals surface area contributed by atoms with Crippen LogP contribution in [0.2, 0.25) is 0 Å². The van der Waals surface area contributed by atoms with Gasteiger partial charge in [-0.3, -0.25) is 4.79 Å². The molecule has 2 aromatic rings. The summed E-state index contributed by atoms with van der Waals surface area (Å²) < 4.78 is 70.8. The number of hydrogen-bond donors (Lipinski definition) is 2. The minimum absolute atomic E-state index is 0.153. The molecule has 1 amide bonds. The van der Waals surface area contributed by atoms with Crippen molar-refractivity contribution in [2.24, 2.45) is 0 Å². The number of nitrogens with zero attached hydrogens (tertiary/aromatic N) is 1. The molecular formula is C25H32F3N3O4S. The number of hydrogen-bond acceptors (Lipinski definition) is 5. The van der Waals surface area contributed by atoms with Crippen molar-refractivity contribution in [3.63, 3.8) is 0 Å². The summed E-state index contributed by atoms with van der Waals surface area (Å²) in [5.74, 6) is -1.44. The van der Waals surface area contributed by atoms with Gasteiger partial charge >= 0.3 is 12.1 Å². The maximum absolute atomic E-state index is 13.2. The summed E-state index contributed by atoms with van der Waals surface area (Å²) in [6, 6.07) is 11.9. The Bertz CT molecular complexity index is 1170. The van der Waals surface area contributed by atoms with Crippen LogP contribution in [0.3, 0.4) is 0 Å². The van der Waals surface area contributed by atoms with Gasteiger partial charge in [0.05, 0.1) is 12.0 Å². The van der Waals surface area contributed by atoms with Gasteiger partial charge in [0.1, 0.15) is 5.75 Å². The average molecular weight is 528 g/mol. The molecule has 0 atom stereocenters. The Labute approximate surface area is 210 Å². The maximum Gasteiger partial charge on any atom is 0.471 e. The van der Waals surface area contributed by atoms with Crippen LogP contribution in [0.1, 0.15) is 31.2 Å². The average Bonchev–Trinajstić information content (AvgIpc) is 2.84. The number of carbonyl (C=O) groups excluding carboxylic acids is 1. The molecule has 1 aliphatic carbocycles.